The Kier molecular flexibility index (Phi) is 5.95. The first-order valence-electron chi connectivity index (χ1n) is 8.27. The van der Waals surface area contributed by atoms with Crippen molar-refractivity contribution in [1.29, 1.82) is 0 Å². The van der Waals surface area contributed by atoms with Crippen LogP contribution in [0.1, 0.15) is 54.3 Å². The monoisotopic (exact) mass is 359 g/mol. The second-order valence-corrected chi connectivity index (χ2v) is 8.07. The fourth-order valence-electron chi connectivity index (χ4n) is 2.27. The van der Waals surface area contributed by atoms with Crippen molar-refractivity contribution in [2.24, 2.45) is 0 Å². The number of hydrogen-bond donors (Lipinski definition) is 2. The number of carbonyl (C=O) groups is 2. The van der Waals surface area contributed by atoms with Gasteiger partial charge in [-0.3, -0.25) is 9.59 Å². The van der Waals surface area contributed by atoms with Gasteiger partial charge in [-0.2, -0.15) is 0 Å². The molecular weight excluding hydrogens is 334 g/mol. The van der Waals surface area contributed by atoms with Gasteiger partial charge in [-0.25, -0.2) is 4.98 Å². The molecule has 0 unspecified atom stereocenters. The van der Waals surface area contributed by atoms with Crippen molar-refractivity contribution in [2.45, 2.75) is 52.6 Å². The van der Waals surface area contributed by atoms with Gasteiger partial charge in [0.05, 0.1) is 6.54 Å². The average Bonchev–Trinajstić information content (AvgIpc) is 2.97. The lowest BCUT2D eigenvalue weighted by Crippen LogP contribution is -2.44. The molecule has 0 fully saturated rings. The summed E-state index contributed by atoms with van der Waals surface area (Å²) in [4.78, 5) is 28.7. The Hall–Kier alpha value is -2.21. The Morgan fingerprint density at radius 3 is 2.36 bits per heavy atom. The lowest BCUT2D eigenvalue weighted by molar-refractivity contribution is -0.122. The Bertz CT molecular complexity index is 745. The van der Waals surface area contributed by atoms with E-state index in [4.69, 9.17) is 0 Å². The number of thiazole rings is 1. The zero-order chi connectivity index (χ0) is 18.6. The van der Waals surface area contributed by atoms with E-state index in [9.17, 15) is 9.59 Å². The van der Waals surface area contributed by atoms with Crippen molar-refractivity contribution in [3.63, 3.8) is 0 Å². The molecule has 2 N–H and O–H groups in total. The van der Waals surface area contributed by atoms with Crippen LogP contribution >= 0.6 is 11.3 Å². The van der Waals surface area contributed by atoms with Crippen molar-refractivity contribution in [3.8, 4) is 0 Å². The Balaban J connectivity index is 1.89. The summed E-state index contributed by atoms with van der Waals surface area (Å²) in [5.74, 6) is -0.485. The van der Waals surface area contributed by atoms with Gasteiger partial charge < -0.3 is 10.6 Å². The zero-order valence-corrected chi connectivity index (χ0v) is 16.2. The van der Waals surface area contributed by atoms with Crippen LogP contribution in [-0.4, -0.2) is 22.8 Å². The lowest BCUT2D eigenvalue weighted by Gasteiger charge is -2.19. The standard InChI is InChI=1S/C19H25N3O2S/c1-12-11-25-16(21-12)10-20-17(23)13(2)22-18(24)14-6-8-15(9-7-14)19(3,4)5/h6-9,11,13H,10H2,1-5H3,(H,20,23)(H,22,24)/t13-/m0/s1. The summed E-state index contributed by atoms with van der Waals surface area (Å²) in [6.07, 6.45) is 0. The highest BCUT2D eigenvalue weighted by molar-refractivity contribution is 7.09. The van der Waals surface area contributed by atoms with Crippen LogP contribution in [0.15, 0.2) is 29.6 Å². The molecule has 6 heteroatoms. The summed E-state index contributed by atoms with van der Waals surface area (Å²) < 4.78 is 0. The van der Waals surface area contributed by atoms with Crippen LogP contribution < -0.4 is 10.6 Å². The molecular formula is C19H25N3O2S. The van der Waals surface area contributed by atoms with Gasteiger partial charge in [0.2, 0.25) is 5.91 Å². The molecule has 5 nitrogen and oxygen atoms in total. The van der Waals surface area contributed by atoms with E-state index in [1.165, 1.54) is 11.3 Å². The number of aryl methyl sites for hydroxylation is 1. The molecule has 134 valence electrons. The maximum atomic E-state index is 12.3. The molecule has 0 aliphatic carbocycles. The van der Waals surface area contributed by atoms with E-state index in [-0.39, 0.29) is 17.2 Å². The number of hydrogen-bond acceptors (Lipinski definition) is 4. The molecule has 1 aromatic heterocycles. The molecule has 2 amide bonds. The van der Waals surface area contributed by atoms with Gasteiger partial charge in [0.1, 0.15) is 11.0 Å². The predicted octanol–water partition coefficient (Wildman–Crippen LogP) is 3.18. The highest BCUT2D eigenvalue weighted by atomic mass is 32.1. The van der Waals surface area contributed by atoms with Crippen LogP contribution in [0.2, 0.25) is 0 Å². The first-order chi connectivity index (χ1) is 11.7. The van der Waals surface area contributed by atoms with Crippen molar-refractivity contribution < 1.29 is 9.59 Å². The Morgan fingerprint density at radius 2 is 1.84 bits per heavy atom. The van der Waals surface area contributed by atoms with Gasteiger partial charge in [-0.15, -0.1) is 11.3 Å². The number of carbonyl (C=O) groups excluding carboxylic acids is 2. The molecule has 0 aliphatic heterocycles. The maximum Gasteiger partial charge on any atom is 0.251 e. The van der Waals surface area contributed by atoms with E-state index >= 15 is 0 Å². The fourth-order valence-corrected chi connectivity index (χ4v) is 2.98. The molecule has 1 aromatic carbocycles. The molecule has 0 spiro atoms. The average molecular weight is 359 g/mol. The summed E-state index contributed by atoms with van der Waals surface area (Å²) in [5.41, 5.74) is 2.68. The maximum absolute atomic E-state index is 12.3. The van der Waals surface area contributed by atoms with Gasteiger partial charge in [0, 0.05) is 16.6 Å². The molecule has 25 heavy (non-hydrogen) atoms. The Morgan fingerprint density at radius 1 is 1.20 bits per heavy atom. The second kappa shape index (κ2) is 7.78. The number of nitrogens with zero attached hydrogens (tertiary/aromatic N) is 1. The second-order valence-electron chi connectivity index (χ2n) is 7.12. The number of nitrogens with one attached hydrogen (secondary N) is 2. The SMILES string of the molecule is Cc1csc(CNC(=O)[C@H](C)NC(=O)c2ccc(C(C)(C)C)cc2)n1. The molecule has 0 radical (unpaired) electrons. The molecule has 0 aliphatic rings. The largest absolute Gasteiger partial charge is 0.348 e. The first kappa shape index (κ1) is 19.1. The lowest BCUT2D eigenvalue weighted by atomic mass is 9.86. The quantitative estimate of drug-likeness (QED) is 0.861. The van der Waals surface area contributed by atoms with Crippen LogP contribution in [-0.2, 0) is 16.8 Å². The van der Waals surface area contributed by atoms with Crippen LogP contribution in [0.5, 0.6) is 0 Å². The van der Waals surface area contributed by atoms with E-state index in [0.717, 1.165) is 16.3 Å². The number of benzene rings is 1. The van der Waals surface area contributed by atoms with E-state index in [0.29, 0.717) is 12.1 Å². The van der Waals surface area contributed by atoms with Crippen LogP contribution in [0.3, 0.4) is 0 Å². The fraction of sp³-hybridized carbons (Fsp3) is 0.421. The van der Waals surface area contributed by atoms with E-state index in [1.807, 2.05) is 24.4 Å². The van der Waals surface area contributed by atoms with Crippen molar-refractivity contribution in [2.75, 3.05) is 0 Å². The van der Waals surface area contributed by atoms with Crippen molar-refractivity contribution in [1.82, 2.24) is 15.6 Å². The van der Waals surface area contributed by atoms with Crippen molar-refractivity contribution >= 4 is 23.2 Å². The summed E-state index contributed by atoms with van der Waals surface area (Å²) in [5, 5.41) is 8.31. The summed E-state index contributed by atoms with van der Waals surface area (Å²) >= 11 is 1.50. The topological polar surface area (TPSA) is 71.1 Å². The van der Waals surface area contributed by atoms with Crippen LogP contribution in [0.25, 0.3) is 0 Å². The van der Waals surface area contributed by atoms with Gasteiger partial charge in [-0.05, 0) is 37.0 Å². The molecule has 0 saturated heterocycles. The van der Waals surface area contributed by atoms with Crippen molar-refractivity contribution in [3.05, 3.63) is 51.5 Å². The molecule has 0 saturated carbocycles. The number of rotatable bonds is 5. The van der Waals surface area contributed by atoms with Gasteiger partial charge >= 0.3 is 0 Å². The normalized spacial score (nSPS) is 12.5. The summed E-state index contributed by atoms with van der Waals surface area (Å²) in [7, 11) is 0. The third kappa shape index (κ3) is 5.39. The van der Waals surface area contributed by atoms with Gasteiger partial charge in [0.15, 0.2) is 0 Å². The summed E-state index contributed by atoms with van der Waals surface area (Å²) in [6, 6.07) is 6.86. The van der Waals surface area contributed by atoms with Crippen LogP contribution in [0.4, 0.5) is 0 Å². The van der Waals surface area contributed by atoms with E-state index in [1.54, 1.807) is 19.1 Å². The third-order valence-electron chi connectivity index (χ3n) is 3.83. The minimum atomic E-state index is -0.615. The zero-order valence-electron chi connectivity index (χ0n) is 15.3. The van der Waals surface area contributed by atoms with Gasteiger partial charge in [0.25, 0.3) is 5.91 Å². The van der Waals surface area contributed by atoms with E-state index < -0.39 is 6.04 Å². The molecule has 0 bridgehead atoms. The molecule has 2 aromatic rings. The number of amides is 2. The predicted molar refractivity (Wildman–Crippen MR) is 101 cm³/mol. The highest BCUT2D eigenvalue weighted by Crippen LogP contribution is 2.22. The molecule has 2 rings (SSSR count). The number of aromatic nitrogens is 1. The minimum absolute atomic E-state index is 0.0381. The Labute approximate surface area is 152 Å². The minimum Gasteiger partial charge on any atom is -0.348 e. The van der Waals surface area contributed by atoms with Crippen LogP contribution in [0, 0.1) is 6.92 Å². The first-order valence-corrected chi connectivity index (χ1v) is 9.15. The molecule has 1 atom stereocenters. The van der Waals surface area contributed by atoms with E-state index in [2.05, 4.69) is 36.4 Å². The molecule has 1 heterocycles. The summed E-state index contributed by atoms with van der Waals surface area (Å²) in [6.45, 7) is 10.3. The highest BCUT2D eigenvalue weighted by Gasteiger charge is 2.18. The third-order valence-corrected chi connectivity index (χ3v) is 4.80. The smallest absolute Gasteiger partial charge is 0.251 e. The van der Waals surface area contributed by atoms with Gasteiger partial charge in [-0.1, -0.05) is 32.9 Å².